The zero-order chi connectivity index (χ0) is 15.9. The van der Waals surface area contributed by atoms with Crippen molar-refractivity contribution in [3.63, 3.8) is 0 Å². The molecule has 24 heavy (non-hydrogen) atoms. The molecule has 0 aliphatic carbocycles. The minimum absolute atomic E-state index is 0. The van der Waals surface area contributed by atoms with E-state index in [2.05, 4.69) is 10.6 Å². The van der Waals surface area contributed by atoms with Crippen LogP contribution in [-0.2, 0) is 0 Å². The third-order valence-electron chi connectivity index (χ3n) is 4.08. The molecule has 1 heterocycles. The molecule has 0 saturated carbocycles. The minimum Gasteiger partial charge on any atom is -0.457 e. The second kappa shape index (κ2) is 9.30. The molecule has 5 heteroatoms. The number of hydrogen-bond acceptors (Lipinski definition) is 3. The lowest BCUT2D eigenvalue weighted by atomic mass is 10.1. The molecule has 1 fully saturated rings. The van der Waals surface area contributed by atoms with Gasteiger partial charge in [0.1, 0.15) is 11.5 Å². The number of benzene rings is 2. The first-order valence-corrected chi connectivity index (χ1v) is 8.13. The molecule has 2 aromatic carbocycles. The van der Waals surface area contributed by atoms with Crippen molar-refractivity contribution in [3.8, 4) is 11.5 Å². The number of carbonyl (C=O) groups excluding carboxylic acids is 1. The summed E-state index contributed by atoms with van der Waals surface area (Å²) in [6.45, 7) is 2.88. The lowest BCUT2D eigenvalue weighted by molar-refractivity contribution is 0.0951. The van der Waals surface area contributed by atoms with Gasteiger partial charge in [0, 0.05) is 12.1 Å². The summed E-state index contributed by atoms with van der Waals surface area (Å²) >= 11 is 0. The molecule has 0 radical (unpaired) electrons. The summed E-state index contributed by atoms with van der Waals surface area (Å²) in [5.74, 6) is 2.07. The van der Waals surface area contributed by atoms with E-state index in [1.807, 2.05) is 48.5 Å². The van der Waals surface area contributed by atoms with E-state index in [1.54, 1.807) is 6.07 Å². The Morgan fingerprint density at radius 1 is 1.12 bits per heavy atom. The van der Waals surface area contributed by atoms with Gasteiger partial charge in [-0.25, -0.2) is 0 Å². The largest absolute Gasteiger partial charge is 0.457 e. The maximum Gasteiger partial charge on any atom is 0.251 e. The monoisotopic (exact) mass is 346 g/mol. The van der Waals surface area contributed by atoms with Gasteiger partial charge in [-0.15, -0.1) is 12.4 Å². The first-order chi connectivity index (χ1) is 11.3. The maximum absolute atomic E-state index is 12.2. The first kappa shape index (κ1) is 18.3. The smallest absolute Gasteiger partial charge is 0.251 e. The number of halogens is 1. The topological polar surface area (TPSA) is 50.4 Å². The highest BCUT2D eigenvalue weighted by Crippen LogP contribution is 2.21. The number of carbonyl (C=O) groups is 1. The Labute approximate surface area is 149 Å². The van der Waals surface area contributed by atoms with Gasteiger partial charge >= 0.3 is 0 Å². The Bertz CT molecular complexity index is 643. The molecule has 1 atom stereocenters. The van der Waals surface area contributed by atoms with Crippen molar-refractivity contribution in [2.75, 3.05) is 19.6 Å². The molecule has 2 N–H and O–H groups in total. The number of rotatable bonds is 6. The molecule has 3 rings (SSSR count). The summed E-state index contributed by atoms with van der Waals surface area (Å²) < 4.78 is 5.77. The summed E-state index contributed by atoms with van der Waals surface area (Å²) in [5.41, 5.74) is 0.628. The molecule has 0 aromatic heterocycles. The molecular weight excluding hydrogens is 324 g/mol. The highest BCUT2D eigenvalue weighted by Gasteiger charge is 2.14. The first-order valence-electron chi connectivity index (χ1n) is 8.13. The average Bonchev–Trinajstić information content (AvgIpc) is 3.09. The summed E-state index contributed by atoms with van der Waals surface area (Å²) in [6, 6.07) is 16.8. The Kier molecular flexibility index (Phi) is 7.09. The molecular formula is C19H23ClN2O2. The molecule has 0 spiro atoms. The Balaban J connectivity index is 0.00000208. The molecule has 2 aromatic rings. The number of nitrogens with one attached hydrogen (secondary N) is 2. The highest BCUT2D eigenvalue weighted by atomic mass is 35.5. The summed E-state index contributed by atoms with van der Waals surface area (Å²) in [4.78, 5) is 12.2. The van der Waals surface area contributed by atoms with Gasteiger partial charge in [0.2, 0.25) is 0 Å². The molecule has 0 bridgehead atoms. The van der Waals surface area contributed by atoms with E-state index in [9.17, 15) is 4.79 Å². The normalized spacial score (nSPS) is 16.2. The van der Waals surface area contributed by atoms with Gasteiger partial charge in [0.15, 0.2) is 0 Å². The number of para-hydroxylation sites is 1. The fourth-order valence-electron chi connectivity index (χ4n) is 2.78. The van der Waals surface area contributed by atoms with Crippen LogP contribution in [0.4, 0.5) is 0 Å². The van der Waals surface area contributed by atoms with Crippen molar-refractivity contribution < 1.29 is 9.53 Å². The van der Waals surface area contributed by atoms with Gasteiger partial charge < -0.3 is 15.4 Å². The fourth-order valence-corrected chi connectivity index (χ4v) is 2.78. The van der Waals surface area contributed by atoms with E-state index in [4.69, 9.17) is 4.74 Å². The van der Waals surface area contributed by atoms with Crippen LogP contribution in [0.1, 0.15) is 23.2 Å². The molecule has 1 aliphatic heterocycles. The number of hydrogen-bond donors (Lipinski definition) is 2. The second-order valence-corrected chi connectivity index (χ2v) is 5.85. The van der Waals surface area contributed by atoms with Crippen LogP contribution in [-0.4, -0.2) is 25.5 Å². The summed E-state index contributed by atoms with van der Waals surface area (Å²) in [7, 11) is 0. The van der Waals surface area contributed by atoms with Crippen molar-refractivity contribution in [1.29, 1.82) is 0 Å². The Hall–Kier alpha value is -2.04. The SMILES string of the molecule is Cl.O=C(NCCC1CCNC1)c1cccc(Oc2ccccc2)c1. The number of ether oxygens (including phenoxy) is 1. The number of amides is 1. The van der Waals surface area contributed by atoms with Crippen LogP contribution in [0.2, 0.25) is 0 Å². The van der Waals surface area contributed by atoms with Crippen molar-refractivity contribution in [1.82, 2.24) is 10.6 Å². The van der Waals surface area contributed by atoms with Gasteiger partial charge in [-0.2, -0.15) is 0 Å². The second-order valence-electron chi connectivity index (χ2n) is 5.85. The zero-order valence-electron chi connectivity index (χ0n) is 13.5. The van der Waals surface area contributed by atoms with E-state index in [-0.39, 0.29) is 18.3 Å². The molecule has 4 nitrogen and oxygen atoms in total. The van der Waals surface area contributed by atoms with E-state index in [0.717, 1.165) is 31.8 Å². The van der Waals surface area contributed by atoms with Crippen LogP contribution >= 0.6 is 12.4 Å². The van der Waals surface area contributed by atoms with E-state index >= 15 is 0 Å². The average molecular weight is 347 g/mol. The van der Waals surface area contributed by atoms with Gasteiger partial charge in [0.05, 0.1) is 0 Å². The lowest BCUT2D eigenvalue weighted by Crippen LogP contribution is -2.26. The predicted molar refractivity (Wildman–Crippen MR) is 98.1 cm³/mol. The van der Waals surface area contributed by atoms with Gasteiger partial charge in [-0.05, 0) is 62.2 Å². The Morgan fingerprint density at radius 2 is 1.92 bits per heavy atom. The molecule has 1 aliphatic rings. The van der Waals surface area contributed by atoms with Crippen LogP contribution in [0.3, 0.4) is 0 Å². The van der Waals surface area contributed by atoms with Crippen molar-refractivity contribution in [2.24, 2.45) is 5.92 Å². The highest BCUT2D eigenvalue weighted by molar-refractivity contribution is 5.94. The maximum atomic E-state index is 12.2. The molecule has 128 valence electrons. The lowest BCUT2D eigenvalue weighted by Gasteiger charge is -2.10. The molecule has 1 saturated heterocycles. The molecule has 1 unspecified atom stereocenters. The van der Waals surface area contributed by atoms with Gasteiger partial charge in [-0.1, -0.05) is 24.3 Å². The molecule has 1 amide bonds. The van der Waals surface area contributed by atoms with Gasteiger partial charge in [-0.3, -0.25) is 4.79 Å². The standard InChI is InChI=1S/C19H22N2O2.ClH/c22-19(21-12-10-15-9-11-20-14-15)16-5-4-8-18(13-16)23-17-6-2-1-3-7-17;/h1-8,13,15,20H,9-12,14H2,(H,21,22);1H. The third-order valence-corrected chi connectivity index (χ3v) is 4.08. The fraction of sp³-hybridized carbons (Fsp3) is 0.316. The quantitative estimate of drug-likeness (QED) is 0.839. The van der Waals surface area contributed by atoms with Gasteiger partial charge in [0.25, 0.3) is 5.91 Å². The van der Waals surface area contributed by atoms with Crippen LogP contribution < -0.4 is 15.4 Å². The van der Waals surface area contributed by atoms with Crippen molar-refractivity contribution in [2.45, 2.75) is 12.8 Å². The van der Waals surface area contributed by atoms with E-state index < -0.39 is 0 Å². The third kappa shape index (κ3) is 5.25. The minimum atomic E-state index is -0.0468. The predicted octanol–water partition coefficient (Wildman–Crippen LogP) is 3.63. The summed E-state index contributed by atoms with van der Waals surface area (Å²) in [6.07, 6.45) is 2.23. The van der Waals surface area contributed by atoms with Crippen LogP contribution in [0.5, 0.6) is 11.5 Å². The van der Waals surface area contributed by atoms with E-state index in [0.29, 0.717) is 17.2 Å². The van der Waals surface area contributed by atoms with Crippen LogP contribution in [0, 0.1) is 5.92 Å². The van der Waals surface area contributed by atoms with Crippen LogP contribution in [0.25, 0.3) is 0 Å². The van der Waals surface area contributed by atoms with Crippen molar-refractivity contribution >= 4 is 18.3 Å². The zero-order valence-corrected chi connectivity index (χ0v) is 14.4. The Morgan fingerprint density at radius 3 is 2.67 bits per heavy atom. The van der Waals surface area contributed by atoms with Crippen LogP contribution in [0.15, 0.2) is 54.6 Å². The van der Waals surface area contributed by atoms with Crippen molar-refractivity contribution in [3.05, 3.63) is 60.2 Å². The summed E-state index contributed by atoms with van der Waals surface area (Å²) in [5, 5.41) is 6.34. The van der Waals surface area contributed by atoms with E-state index in [1.165, 1.54) is 6.42 Å².